The maximum atomic E-state index is 14.7. The lowest BCUT2D eigenvalue weighted by Crippen LogP contribution is -2.08. The highest BCUT2D eigenvalue weighted by Crippen LogP contribution is 2.35. The van der Waals surface area contributed by atoms with Gasteiger partial charge in [0.25, 0.3) is 0 Å². The molecule has 0 N–H and O–H groups in total. The summed E-state index contributed by atoms with van der Waals surface area (Å²) in [6.45, 7) is 0. The molecule has 5 rings (SSSR count). The summed E-state index contributed by atoms with van der Waals surface area (Å²) in [6, 6.07) is 7.62. The quantitative estimate of drug-likeness (QED) is 0.333. The van der Waals surface area contributed by atoms with Crippen LogP contribution >= 0.6 is 15.9 Å². The van der Waals surface area contributed by atoms with E-state index in [4.69, 9.17) is 0 Å². The number of imidazole rings is 1. The van der Waals surface area contributed by atoms with Crippen LogP contribution in [0.3, 0.4) is 0 Å². The minimum Gasteiger partial charge on any atom is -0.273 e. The Morgan fingerprint density at radius 2 is 1.86 bits per heavy atom. The summed E-state index contributed by atoms with van der Waals surface area (Å²) in [5, 5.41) is 8.42. The van der Waals surface area contributed by atoms with Crippen molar-refractivity contribution in [1.29, 1.82) is 0 Å². The molecule has 3 heterocycles. The molecular weight excluding hydrogens is 442 g/mol. The summed E-state index contributed by atoms with van der Waals surface area (Å²) in [5.41, 5.74) is 0.410. The Morgan fingerprint density at radius 3 is 2.64 bits per heavy atom. The van der Waals surface area contributed by atoms with E-state index in [1.807, 2.05) is 0 Å². The smallest absolute Gasteiger partial charge is 0.273 e. The summed E-state index contributed by atoms with van der Waals surface area (Å²) >= 11 is 3.39. The lowest BCUT2D eigenvalue weighted by atomic mass is 10.1. The van der Waals surface area contributed by atoms with E-state index in [-0.39, 0.29) is 11.5 Å². The number of fused-ring (bicyclic) bond motifs is 5. The van der Waals surface area contributed by atoms with Crippen LogP contribution in [-0.2, 0) is 6.18 Å². The molecule has 10 heteroatoms. The Morgan fingerprint density at radius 1 is 1.04 bits per heavy atom. The summed E-state index contributed by atoms with van der Waals surface area (Å²) < 4.78 is 58.0. The van der Waals surface area contributed by atoms with E-state index in [1.54, 1.807) is 28.8 Å². The van der Waals surface area contributed by atoms with Gasteiger partial charge in [-0.1, -0.05) is 15.9 Å². The first-order valence-electron chi connectivity index (χ1n) is 8.00. The van der Waals surface area contributed by atoms with Gasteiger partial charge in [-0.2, -0.15) is 13.2 Å². The fourth-order valence-corrected chi connectivity index (χ4v) is 3.65. The molecule has 0 saturated heterocycles. The highest BCUT2D eigenvalue weighted by molar-refractivity contribution is 9.10. The van der Waals surface area contributed by atoms with Crippen LogP contribution < -0.4 is 0 Å². The Hall–Kier alpha value is -3.01. The number of alkyl halides is 3. The molecular formula is C18H8BrF4N5. The third-order valence-electron chi connectivity index (χ3n) is 4.51. The van der Waals surface area contributed by atoms with E-state index in [2.05, 4.69) is 31.1 Å². The molecule has 5 aromatic rings. The lowest BCUT2D eigenvalue weighted by molar-refractivity contribution is -0.137. The molecule has 0 aliphatic rings. The summed E-state index contributed by atoms with van der Waals surface area (Å²) in [7, 11) is 0. The molecule has 0 atom stereocenters. The Labute approximate surface area is 162 Å². The molecule has 5 nitrogen and oxygen atoms in total. The van der Waals surface area contributed by atoms with Crippen LogP contribution in [0.1, 0.15) is 5.56 Å². The average Bonchev–Trinajstić information content (AvgIpc) is 3.22. The van der Waals surface area contributed by atoms with Gasteiger partial charge in [0.15, 0.2) is 0 Å². The number of nitrogens with zero attached hydrogens (tertiary/aromatic N) is 5. The topological polar surface area (TPSA) is 48.0 Å². The number of halogens is 5. The van der Waals surface area contributed by atoms with Gasteiger partial charge in [-0.05, 0) is 36.4 Å². The second kappa shape index (κ2) is 5.74. The van der Waals surface area contributed by atoms with E-state index < -0.39 is 17.6 Å². The van der Waals surface area contributed by atoms with Gasteiger partial charge in [-0.3, -0.25) is 14.0 Å². The molecule has 2 aromatic carbocycles. The first kappa shape index (κ1) is 17.1. The van der Waals surface area contributed by atoms with Crippen molar-refractivity contribution in [2.45, 2.75) is 6.18 Å². The van der Waals surface area contributed by atoms with Crippen molar-refractivity contribution < 1.29 is 17.6 Å². The largest absolute Gasteiger partial charge is 0.416 e. The molecule has 140 valence electrons. The predicted molar refractivity (Wildman–Crippen MR) is 97.8 cm³/mol. The van der Waals surface area contributed by atoms with Crippen molar-refractivity contribution in [3.63, 3.8) is 0 Å². The van der Waals surface area contributed by atoms with Crippen molar-refractivity contribution >= 4 is 43.6 Å². The minimum atomic E-state index is -4.61. The van der Waals surface area contributed by atoms with Crippen LogP contribution in [0.15, 0.2) is 53.4 Å². The monoisotopic (exact) mass is 449 g/mol. The van der Waals surface area contributed by atoms with Gasteiger partial charge in [-0.25, -0.2) is 4.39 Å². The van der Waals surface area contributed by atoms with Gasteiger partial charge in [0.05, 0.1) is 34.0 Å². The van der Waals surface area contributed by atoms with Gasteiger partial charge in [0.2, 0.25) is 5.78 Å². The zero-order chi connectivity index (χ0) is 19.6. The first-order chi connectivity index (χ1) is 13.3. The number of rotatable bonds is 1. The lowest BCUT2D eigenvalue weighted by Gasteiger charge is -2.12. The SMILES string of the molecule is Fc1ccc(C(F)(F)F)cc1-n1c2c3cc(Br)ccc3ncc2n2cnnc12. The Balaban J connectivity index is 1.99. The van der Waals surface area contributed by atoms with E-state index in [1.165, 1.54) is 10.9 Å². The predicted octanol–water partition coefficient (Wildman–Crippen LogP) is 5.14. The summed E-state index contributed by atoms with van der Waals surface area (Å²) in [5.74, 6) is -0.627. The van der Waals surface area contributed by atoms with E-state index in [9.17, 15) is 17.6 Å². The number of hydrogen-bond donors (Lipinski definition) is 0. The van der Waals surface area contributed by atoms with Gasteiger partial charge >= 0.3 is 6.18 Å². The van der Waals surface area contributed by atoms with Crippen molar-refractivity contribution in [2.24, 2.45) is 0 Å². The molecule has 0 amide bonds. The fourth-order valence-electron chi connectivity index (χ4n) is 3.29. The molecule has 0 aliphatic heterocycles. The second-order valence-corrected chi connectivity index (χ2v) is 7.07. The molecule has 0 fully saturated rings. The first-order valence-corrected chi connectivity index (χ1v) is 8.79. The second-order valence-electron chi connectivity index (χ2n) is 6.15. The highest BCUT2D eigenvalue weighted by Gasteiger charge is 2.32. The highest BCUT2D eigenvalue weighted by atomic mass is 79.9. The molecule has 0 bridgehead atoms. The summed E-state index contributed by atoms with van der Waals surface area (Å²) in [6.07, 6.45) is -1.64. The number of benzene rings is 2. The zero-order valence-corrected chi connectivity index (χ0v) is 15.3. The van der Waals surface area contributed by atoms with Crippen molar-refractivity contribution in [3.05, 3.63) is 64.8 Å². The molecule has 3 aromatic heterocycles. The normalized spacial score (nSPS) is 12.5. The third-order valence-corrected chi connectivity index (χ3v) is 5.00. The molecule has 0 radical (unpaired) electrons. The standard InChI is InChI=1S/C18H8BrF4N5/c19-10-2-4-13-11(6-10)16-15(7-24-13)27-8-25-26-17(27)28(16)14-5-9(18(21,22)23)1-3-12(14)20/h1-8H. The summed E-state index contributed by atoms with van der Waals surface area (Å²) in [4.78, 5) is 4.38. The van der Waals surface area contributed by atoms with E-state index in [0.29, 0.717) is 28.0 Å². The average molecular weight is 450 g/mol. The van der Waals surface area contributed by atoms with Gasteiger partial charge in [0.1, 0.15) is 12.1 Å². The maximum Gasteiger partial charge on any atom is 0.416 e. The fraction of sp³-hybridized carbons (Fsp3) is 0.0556. The molecule has 28 heavy (non-hydrogen) atoms. The van der Waals surface area contributed by atoms with Crippen LogP contribution in [0.25, 0.3) is 33.4 Å². The van der Waals surface area contributed by atoms with E-state index in [0.717, 1.165) is 16.6 Å². The number of pyridine rings is 1. The molecule has 0 spiro atoms. The van der Waals surface area contributed by atoms with Crippen molar-refractivity contribution in [2.75, 3.05) is 0 Å². The number of hydrogen-bond acceptors (Lipinski definition) is 3. The maximum absolute atomic E-state index is 14.7. The van der Waals surface area contributed by atoms with Gasteiger partial charge < -0.3 is 0 Å². The van der Waals surface area contributed by atoms with Gasteiger partial charge in [0, 0.05) is 9.86 Å². The molecule has 0 aliphatic carbocycles. The van der Waals surface area contributed by atoms with Crippen LogP contribution in [0, 0.1) is 5.82 Å². The number of aromatic nitrogens is 5. The Kier molecular flexibility index (Phi) is 3.51. The van der Waals surface area contributed by atoms with Crippen LogP contribution in [0.5, 0.6) is 0 Å². The third kappa shape index (κ3) is 2.40. The molecule has 0 unspecified atom stereocenters. The van der Waals surface area contributed by atoms with Crippen molar-refractivity contribution in [3.8, 4) is 5.69 Å². The molecule has 0 saturated carbocycles. The zero-order valence-electron chi connectivity index (χ0n) is 13.7. The Bertz CT molecular complexity index is 1390. The van der Waals surface area contributed by atoms with Crippen LogP contribution in [0.4, 0.5) is 17.6 Å². The van der Waals surface area contributed by atoms with E-state index >= 15 is 0 Å². The minimum absolute atomic E-state index is 0.183. The van der Waals surface area contributed by atoms with Crippen molar-refractivity contribution in [1.82, 2.24) is 24.1 Å². The van der Waals surface area contributed by atoms with Crippen LogP contribution in [-0.4, -0.2) is 24.1 Å². The van der Waals surface area contributed by atoms with Gasteiger partial charge in [-0.15, -0.1) is 10.2 Å². The van der Waals surface area contributed by atoms with Crippen LogP contribution in [0.2, 0.25) is 0 Å².